The maximum Gasteiger partial charge on any atom is 0.321 e. The van der Waals surface area contributed by atoms with Crippen LogP contribution < -0.4 is 16.0 Å². The van der Waals surface area contributed by atoms with Crippen molar-refractivity contribution in [1.82, 2.24) is 16.0 Å². The molecule has 3 N–H and O–H groups in total. The molecule has 4 aliphatic rings. The number of amides is 3. The number of carbonyl (C=O) groups excluding carboxylic acids is 2. The molecule has 0 aromatic rings. The van der Waals surface area contributed by atoms with Gasteiger partial charge in [-0.15, -0.1) is 0 Å². The van der Waals surface area contributed by atoms with Gasteiger partial charge in [0.05, 0.1) is 0 Å². The molecule has 3 aliphatic carbocycles. The lowest BCUT2D eigenvalue weighted by Gasteiger charge is -2.52. The quantitative estimate of drug-likeness (QED) is 0.708. The second-order valence-corrected chi connectivity index (χ2v) is 9.48. The summed E-state index contributed by atoms with van der Waals surface area (Å²) < 4.78 is 0. The zero-order chi connectivity index (χ0) is 18.3. The molecule has 0 radical (unpaired) electrons. The highest BCUT2D eigenvalue weighted by molar-refractivity contribution is 5.95. The molecule has 0 spiro atoms. The molecular weight excluding hydrogens is 326 g/mol. The van der Waals surface area contributed by atoms with Crippen LogP contribution in [0, 0.1) is 35.5 Å². The van der Waals surface area contributed by atoms with Crippen molar-refractivity contribution in [3.63, 3.8) is 0 Å². The SMILES string of the molecule is CC(C)NC(=O)NC(=O)C1CCC2C1CCC1C3CCCNC3CCC12. The third-order valence-electron chi connectivity index (χ3n) is 7.80. The van der Waals surface area contributed by atoms with E-state index >= 15 is 0 Å². The van der Waals surface area contributed by atoms with Gasteiger partial charge < -0.3 is 10.6 Å². The average molecular weight is 362 g/mol. The lowest BCUT2D eigenvalue weighted by molar-refractivity contribution is -0.126. The number of hydrogen-bond donors (Lipinski definition) is 3. The minimum atomic E-state index is -0.337. The molecule has 4 fully saturated rings. The fourth-order valence-corrected chi connectivity index (χ4v) is 6.93. The Morgan fingerprint density at radius 2 is 1.50 bits per heavy atom. The molecule has 5 heteroatoms. The highest BCUT2D eigenvalue weighted by atomic mass is 16.2. The van der Waals surface area contributed by atoms with Gasteiger partial charge in [0, 0.05) is 18.0 Å². The monoisotopic (exact) mass is 361 g/mol. The average Bonchev–Trinajstić information content (AvgIpc) is 3.05. The minimum Gasteiger partial charge on any atom is -0.336 e. The van der Waals surface area contributed by atoms with E-state index in [0.717, 1.165) is 30.2 Å². The number of fused-ring (bicyclic) bond motifs is 5. The lowest BCUT2D eigenvalue weighted by Crippen LogP contribution is -2.53. The zero-order valence-corrected chi connectivity index (χ0v) is 16.3. The normalized spacial score (nSPS) is 41.7. The molecule has 7 unspecified atom stereocenters. The second kappa shape index (κ2) is 7.49. The summed E-state index contributed by atoms with van der Waals surface area (Å²) in [5.41, 5.74) is 0. The van der Waals surface area contributed by atoms with E-state index in [4.69, 9.17) is 0 Å². The number of imide groups is 1. The first-order valence-electron chi connectivity index (χ1n) is 10.9. The van der Waals surface area contributed by atoms with E-state index in [1.165, 1.54) is 51.5 Å². The van der Waals surface area contributed by atoms with Crippen LogP contribution in [0.1, 0.15) is 65.2 Å². The largest absolute Gasteiger partial charge is 0.336 e. The second-order valence-electron chi connectivity index (χ2n) is 9.48. The van der Waals surface area contributed by atoms with Gasteiger partial charge in [-0.1, -0.05) is 0 Å². The number of carbonyl (C=O) groups is 2. The van der Waals surface area contributed by atoms with Crippen molar-refractivity contribution in [2.75, 3.05) is 6.54 Å². The van der Waals surface area contributed by atoms with Crippen molar-refractivity contribution in [2.45, 2.75) is 77.3 Å². The van der Waals surface area contributed by atoms with Crippen molar-refractivity contribution in [1.29, 1.82) is 0 Å². The first-order chi connectivity index (χ1) is 12.5. The van der Waals surface area contributed by atoms with Crippen LogP contribution in [0.2, 0.25) is 0 Å². The van der Waals surface area contributed by atoms with Gasteiger partial charge in [-0.05, 0) is 101 Å². The molecule has 26 heavy (non-hydrogen) atoms. The van der Waals surface area contributed by atoms with E-state index in [2.05, 4.69) is 16.0 Å². The Hall–Kier alpha value is -1.10. The Bertz CT molecular complexity index is 549. The van der Waals surface area contributed by atoms with Gasteiger partial charge in [-0.25, -0.2) is 4.79 Å². The van der Waals surface area contributed by atoms with Gasteiger partial charge in [0.15, 0.2) is 0 Å². The van der Waals surface area contributed by atoms with E-state index in [1.807, 2.05) is 13.8 Å². The molecule has 7 atom stereocenters. The Morgan fingerprint density at radius 1 is 0.846 bits per heavy atom. The van der Waals surface area contributed by atoms with Gasteiger partial charge in [0.25, 0.3) is 0 Å². The Labute approximate surface area is 157 Å². The summed E-state index contributed by atoms with van der Waals surface area (Å²) in [5, 5.41) is 9.14. The predicted molar refractivity (Wildman–Crippen MR) is 101 cm³/mol. The van der Waals surface area contributed by atoms with E-state index in [-0.39, 0.29) is 23.9 Å². The van der Waals surface area contributed by atoms with Crippen LogP contribution in [0.15, 0.2) is 0 Å². The summed E-state index contributed by atoms with van der Waals surface area (Å²) in [5.74, 6) is 3.76. The fraction of sp³-hybridized carbons (Fsp3) is 0.905. The van der Waals surface area contributed by atoms with Crippen LogP contribution in [-0.4, -0.2) is 30.6 Å². The molecule has 0 aromatic heterocycles. The van der Waals surface area contributed by atoms with Crippen LogP contribution in [0.5, 0.6) is 0 Å². The zero-order valence-electron chi connectivity index (χ0n) is 16.3. The van der Waals surface area contributed by atoms with Crippen LogP contribution in [0.25, 0.3) is 0 Å². The number of urea groups is 1. The van der Waals surface area contributed by atoms with Crippen LogP contribution in [0.4, 0.5) is 4.79 Å². The predicted octanol–water partition coefficient (Wildman–Crippen LogP) is 3.05. The smallest absolute Gasteiger partial charge is 0.321 e. The summed E-state index contributed by atoms with van der Waals surface area (Å²) in [6.07, 6.45) is 10.00. The molecule has 5 nitrogen and oxygen atoms in total. The summed E-state index contributed by atoms with van der Waals surface area (Å²) in [7, 11) is 0. The molecule has 0 bridgehead atoms. The van der Waals surface area contributed by atoms with Crippen molar-refractivity contribution < 1.29 is 9.59 Å². The molecule has 4 rings (SSSR count). The Kier molecular flexibility index (Phi) is 5.27. The maximum atomic E-state index is 12.7. The van der Waals surface area contributed by atoms with Gasteiger partial charge in [0.2, 0.25) is 5.91 Å². The first-order valence-corrected chi connectivity index (χ1v) is 10.9. The first kappa shape index (κ1) is 18.3. The van der Waals surface area contributed by atoms with E-state index in [0.29, 0.717) is 11.8 Å². The number of nitrogens with one attached hydrogen (secondary N) is 3. The van der Waals surface area contributed by atoms with Gasteiger partial charge >= 0.3 is 6.03 Å². The van der Waals surface area contributed by atoms with Crippen molar-refractivity contribution in [3.05, 3.63) is 0 Å². The van der Waals surface area contributed by atoms with E-state index in [9.17, 15) is 9.59 Å². The van der Waals surface area contributed by atoms with Crippen molar-refractivity contribution in [3.8, 4) is 0 Å². The number of piperidine rings is 1. The van der Waals surface area contributed by atoms with Crippen LogP contribution in [0.3, 0.4) is 0 Å². The van der Waals surface area contributed by atoms with Gasteiger partial charge in [-0.2, -0.15) is 0 Å². The maximum absolute atomic E-state index is 12.7. The lowest BCUT2D eigenvalue weighted by atomic mass is 9.56. The highest BCUT2D eigenvalue weighted by Crippen LogP contribution is 2.56. The molecule has 3 amide bonds. The third-order valence-corrected chi connectivity index (χ3v) is 7.80. The van der Waals surface area contributed by atoms with Crippen LogP contribution >= 0.6 is 0 Å². The molecule has 0 aromatic carbocycles. The molecule has 1 heterocycles. The van der Waals surface area contributed by atoms with Crippen molar-refractivity contribution in [2.24, 2.45) is 35.5 Å². The van der Waals surface area contributed by atoms with Crippen LogP contribution in [-0.2, 0) is 4.79 Å². The Balaban J connectivity index is 1.40. The molecule has 3 saturated carbocycles. The molecule has 146 valence electrons. The topological polar surface area (TPSA) is 70.2 Å². The molecule has 1 aliphatic heterocycles. The fourth-order valence-electron chi connectivity index (χ4n) is 6.93. The van der Waals surface area contributed by atoms with Gasteiger partial charge in [0.1, 0.15) is 0 Å². The summed E-state index contributed by atoms with van der Waals surface area (Å²) in [4.78, 5) is 24.6. The van der Waals surface area contributed by atoms with Gasteiger partial charge in [-0.3, -0.25) is 10.1 Å². The Morgan fingerprint density at radius 3 is 2.31 bits per heavy atom. The standard InChI is InChI=1S/C21H35N3O2/c1-12(2)23-21(26)24-20(25)18-8-7-13-14-9-10-19-17(4-3-11-22-19)15(14)5-6-16(13)18/h12-19,22H,3-11H2,1-2H3,(H2,23,24,25,26). The highest BCUT2D eigenvalue weighted by Gasteiger charge is 2.52. The summed E-state index contributed by atoms with van der Waals surface area (Å²) in [6.45, 7) is 5.02. The van der Waals surface area contributed by atoms with E-state index in [1.54, 1.807) is 0 Å². The number of rotatable bonds is 2. The molecule has 1 saturated heterocycles. The minimum absolute atomic E-state index is 0.0397. The summed E-state index contributed by atoms with van der Waals surface area (Å²) in [6, 6.07) is 0.464. The third kappa shape index (κ3) is 3.39. The van der Waals surface area contributed by atoms with E-state index < -0.39 is 0 Å². The van der Waals surface area contributed by atoms with Crippen molar-refractivity contribution >= 4 is 11.9 Å². The number of hydrogen-bond acceptors (Lipinski definition) is 3. The summed E-state index contributed by atoms with van der Waals surface area (Å²) >= 11 is 0. The molecular formula is C21H35N3O2.